The summed E-state index contributed by atoms with van der Waals surface area (Å²) in [7, 11) is 0. The molecule has 1 fully saturated rings. The highest BCUT2D eigenvalue weighted by molar-refractivity contribution is 5.30. The predicted octanol–water partition coefficient (Wildman–Crippen LogP) is 4.30. The van der Waals surface area contributed by atoms with Gasteiger partial charge < -0.3 is 14.7 Å². The van der Waals surface area contributed by atoms with Crippen LogP contribution in [0.4, 0.5) is 0 Å². The molecule has 0 amide bonds. The Morgan fingerprint density at radius 1 is 0.900 bits per heavy atom. The van der Waals surface area contributed by atoms with Crippen LogP contribution < -0.4 is 5.56 Å². The smallest absolute Gasteiger partial charge is 0.264 e. The summed E-state index contributed by atoms with van der Waals surface area (Å²) >= 11 is 0. The number of unbranched alkanes of at least 4 members (excludes halogenated alkanes) is 1. The fraction of sp³-hybridized carbons (Fsp3) is 0.400. The summed E-state index contributed by atoms with van der Waals surface area (Å²) in [6.45, 7) is 3.28. The Bertz CT molecular complexity index is 888. The second kappa shape index (κ2) is 10.4. The van der Waals surface area contributed by atoms with E-state index in [2.05, 4.69) is 75.8 Å². The van der Waals surface area contributed by atoms with E-state index in [4.69, 9.17) is 4.74 Å². The van der Waals surface area contributed by atoms with Crippen LogP contribution in [0.15, 0.2) is 71.5 Å². The minimum absolute atomic E-state index is 0.00698. The Kier molecular flexibility index (Phi) is 7.16. The van der Waals surface area contributed by atoms with Gasteiger partial charge in [0.1, 0.15) is 6.10 Å². The number of nitrogens with one attached hydrogen (secondary N) is 2. The van der Waals surface area contributed by atoms with Crippen LogP contribution in [-0.4, -0.2) is 40.8 Å². The molecule has 1 aromatic heterocycles. The standard InChI is InChI=1S/C25H31N3O2/c29-24-19-22(26-27-24)13-7-8-16-28-17-14-23(15-18-28)30-25(20-9-3-1-4-10-20)21-11-5-2-6-12-21/h1-6,9-12,19,23,25H,7-8,13-18H2,(H2,26,27,29). The molecule has 0 unspecified atom stereocenters. The van der Waals surface area contributed by atoms with E-state index < -0.39 is 0 Å². The van der Waals surface area contributed by atoms with Crippen molar-refractivity contribution in [3.63, 3.8) is 0 Å². The van der Waals surface area contributed by atoms with Crippen molar-refractivity contribution in [3.8, 4) is 0 Å². The minimum atomic E-state index is -0.0450. The summed E-state index contributed by atoms with van der Waals surface area (Å²) in [5.41, 5.74) is 3.39. The van der Waals surface area contributed by atoms with Crippen molar-refractivity contribution in [2.45, 2.75) is 44.3 Å². The van der Waals surface area contributed by atoms with Gasteiger partial charge in [-0.2, -0.15) is 0 Å². The molecule has 30 heavy (non-hydrogen) atoms. The van der Waals surface area contributed by atoms with Crippen molar-refractivity contribution in [1.82, 2.24) is 15.1 Å². The fourth-order valence-corrected chi connectivity index (χ4v) is 4.22. The molecule has 0 aliphatic carbocycles. The Morgan fingerprint density at radius 2 is 1.53 bits per heavy atom. The lowest BCUT2D eigenvalue weighted by molar-refractivity contribution is -0.0270. The van der Waals surface area contributed by atoms with E-state index in [9.17, 15) is 4.79 Å². The van der Waals surface area contributed by atoms with E-state index in [0.29, 0.717) is 0 Å². The number of hydrogen-bond donors (Lipinski definition) is 2. The van der Waals surface area contributed by atoms with E-state index in [1.165, 1.54) is 11.1 Å². The molecule has 4 rings (SSSR count). The number of aryl methyl sites for hydroxylation is 1. The Balaban J connectivity index is 1.25. The van der Waals surface area contributed by atoms with Crippen molar-refractivity contribution in [1.29, 1.82) is 0 Å². The number of aromatic nitrogens is 2. The first kappa shape index (κ1) is 20.6. The van der Waals surface area contributed by atoms with Gasteiger partial charge in [-0.1, -0.05) is 60.7 Å². The summed E-state index contributed by atoms with van der Waals surface area (Å²) < 4.78 is 6.63. The lowest BCUT2D eigenvalue weighted by atomic mass is 10.00. The highest BCUT2D eigenvalue weighted by atomic mass is 16.5. The normalized spacial score (nSPS) is 15.6. The second-order valence-corrected chi connectivity index (χ2v) is 8.12. The third kappa shape index (κ3) is 5.71. The number of rotatable bonds is 9. The minimum Gasteiger partial charge on any atom is -0.365 e. The second-order valence-electron chi connectivity index (χ2n) is 8.12. The van der Waals surface area contributed by atoms with Gasteiger partial charge in [0.2, 0.25) is 0 Å². The zero-order valence-electron chi connectivity index (χ0n) is 17.4. The van der Waals surface area contributed by atoms with Gasteiger partial charge in [0.15, 0.2) is 0 Å². The van der Waals surface area contributed by atoms with E-state index in [0.717, 1.165) is 57.4 Å². The molecule has 158 valence electrons. The molecule has 0 saturated carbocycles. The van der Waals surface area contributed by atoms with Crippen molar-refractivity contribution in [2.75, 3.05) is 19.6 Å². The number of benzene rings is 2. The van der Waals surface area contributed by atoms with Gasteiger partial charge in [0, 0.05) is 24.8 Å². The van der Waals surface area contributed by atoms with Crippen molar-refractivity contribution >= 4 is 0 Å². The zero-order valence-corrected chi connectivity index (χ0v) is 17.4. The van der Waals surface area contributed by atoms with Gasteiger partial charge in [-0.3, -0.25) is 9.89 Å². The molecule has 1 saturated heterocycles. The monoisotopic (exact) mass is 405 g/mol. The first-order valence-corrected chi connectivity index (χ1v) is 11.0. The molecule has 0 radical (unpaired) electrons. The highest BCUT2D eigenvalue weighted by Crippen LogP contribution is 2.30. The van der Waals surface area contributed by atoms with E-state index in [1.54, 1.807) is 6.07 Å². The summed E-state index contributed by atoms with van der Waals surface area (Å²) in [5, 5.41) is 5.53. The molecular formula is C25H31N3O2. The van der Waals surface area contributed by atoms with Gasteiger partial charge >= 0.3 is 0 Å². The molecular weight excluding hydrogens is 374 g/mol. The number of hydrogen-bond acceptors (Lipinski definition) is 3. The Morgan fingerprint density at radius 3 is 2.10 bits per heavy atom. The van der Waals surface area contributed by atoms with Gasteiger partial charge in [0.05, 0.1) is 6.10 Å². The Labute approximate surface area is 178 Å². The summed E-state index contributed by atoms with van der Waals surface area (Å²) in [5.74, 6) is 0. The topological polar surface area (TPSA) is 61.1 Å². The number of H-pyrrole nitrogens is 2. The van der Waals surface area contributed by atoms with Crippen LogP contribution >= 0.6 is 0 Å². The maximum Gasteiger partial charge on any atom is 0.264 e. The summed E-state index contributed by atoms with van der Waals surface area (Å²) in [4.78, 5) is 13.7. The molecule has 5 nitrogen and oxygen atoms in total. The number of likely N-dealkylation sites (tertiary alicyclic amines) is 1. The largest absolute Gasteiger partial charge is 0.365 e. The molecule has 5 heteroatoms. The molecule has 3 aromatic rings. The first-order valence-electron chi connectivity index (χ1n) is 11.0. The van der Waals surface area contributed by atoms with Gasteiger partial charge in [-0.05, 0) is 49.8 Å². The molecule has 0 bridgehead atoms. The first-order chi connectivity index (χ1) is 14.8. The number of piperidine rings is 1. The Hall–Kier alpha value is -2.63. The lowest BCUT2D eigenvalue weighted by Crippen LogP contribution is -2.38. The van der Waals surface area contributed by atoms with Gasteiger partial charge in [-0.15, -0.1) is 0 Å². The van der Waals surface area contributed by atoms with Crippen LogP contribution in [0.3, 0.4) is 0 Å². The van der Waals surface area contributed by atoms with Crippen LogP contribution in [0, 0.1) is 0 Å². The summed E-state index contributed by atoms with van der Waals surface area (Å²) in [6, 6.07) is 22.7. The number of ether oxygens (including phenoxy) is 1. The quantitative estimate of drug-likeness (QED) is 0.522. The van der Waals surface area contributed by atoms with Gasteiger partial charge in [-0.25, -0.2) is 0 Å². The predicted molar refractivity (Wildman–Crippen MR) is 120 cm³/mol. The molecule has 2 N–H and O–H groups in total. The molecule has 0 atom stereocenters. The average molecular weight is 406 g/mol. The maximum atomic E-state index is 11.2. The average Bonchev–Trinajstić information content (AvgIpc) is 3.22. The molecule has 1 aliphatic heterocycles. The highest BCUT2D eigenvalue weighted by Gasteiger charge is 2.24. The third-order valence-corrected chi connectivity index (χ3v) is 5.89. The van der Waals surface area contributed by atoms with E-state index in [1.807, 2.05) is 0 Å². The van der Waals surface area contributed by atoms with Crippen LogP contribution in [0.25, 0.3) is 0 Å². The van der Waals surface area contributed by atoms with Crippen molar-refractivity contribution in [2.24, 2.45) is 0 Å². The van der Waals surface area contributed by atoms with E-state index >= 15 is 0 Å². The molecule has 1 aliphatic rings. The maximum absolute atomic E-state index is 11.2. The fourth-order valence-electron chi connectivity index (χ4n) is 4.22. The lowest BCUT2D eigenvalue weighted by Gasteiger charge is -2.34. The SMILES string of the molecule is O=c1cc(CCCCN2CCC(OC(c3ccccc3)c3ccccc3)CC2)[nH][nH]1. The van der Waals surface area contributed by atoms with Crippen LogP contribution in [0.2, 0.25) is 0 Å². The van der Waals surface area contributed by atoms with E-state index in [-0.39, 0.29) is 17.8 Å². The van der Waals surface area contributed by atoms with Crippen LogP contribution in [0.1, 0.15) is 48.6 Å². The number of aromatic amines is 2. The summed E-state index contributed by atoms with van der Waals surface area (Å²) in [6.07, 6.45) is 5.59. The molecule has 2 heterocycles. The molecule has 2 aromatic carbocycles. The van der Waals surface area contributed by atoms with Crippen LogP contribution in [-0.2, 0) is 11.2 Å². The van der Waals surface area contributed by atoms with Crippen LogP contribution in [0.5, 0.6) is 0 Å². The number of nitrogens with zero attached hydrogens (tertiary/aromatic N) is 1. The van der Waals surface area contributed by atoms with Crippen molar-refractivity contribution < 1.29 is 4.74 Å². The third-order valence-electron chi connectivity index (χ3n) is 5.89. The molecule has 0 spiro atoms. The van der Waals surface area contributed by atoms with Crippen molar-refractivity contribution in [3.05, 3.63) is 93.9 Å². The van der Waals surface area contributed by atoms with Gasteiger partial charge in [0.25, 0.3) is 5.56 Å². The zero-order chi connectivity index (χ0) is 20.6.